The summed E-state index contributed by atoms with van der Waals surface area (Å²) in [4.78, 5) is 32.0. The maximum Gasteiger partial charge on any atom is 0.331 e. The molecule has 0 saturated heterocycles. The second kappa shape index (κ2) is 9.93. The highest BCUT2D eigenvalue weighted by molar-refractivity contribution is 5.96. The van der Waals surface area contributed by atoms with Crippen molar-refractivity contribution in [3.63, 3.8) is 0 Å². The fourth-order valence-electron chi connectivity index (χ4n) is 2.25. The summed E-state index contributed by atoms with van der Waals surface area (Å²) in [5.74, 6) is -1.90. The van der Waals surface area contributed by atoms with E-state index in [-0.39, 0.29) is 12.2 Å². The van der Waals surface area contributed by atoms with Gasteiger partial charge in [0.25, 0.3) is 0 Å². The van der Waals surface area contributed by atoms with Crippen molar-refractivity contribution in [1.82, 2.24) is 0 Å². The predicted octanol–water partition coefficient (Wildman–Crippen LogP) is 4.00. The number of hydrogen-bond donors (Lipinski definition) is 2. The fourth-order valence-corrected chi connectivity index (χ4v) is 2.25. The minimum absolute atomic E-state index is 0.100. The number of Topliss-reactive ketones (excluding diaryl/α,β-unsaturated/α-hetero) is 1. The monoisotopic (exact) mass is 354 g/mol. The number of aliphatic carboxylic acids is 2. The van der Waals surface area contributed by atoms with Crippen LogP contribution >= 0.6 is 0 Å². The molecule has 0 saturated carbocycles. The number of benzene rings is 2. The van der Waals surface area contributed by atoms with Gasteiger partial charge in [-0.2, -0.15) is 0 Å². The summed E-state index contributed by atoms with van der Waals surface area (Å²) in [7, 11) is 0. The highest BCUT2D eigenvalue weighted by Gasteiger charge is 2.08. The van der Waals surface area contributed by atoms with E-state index < -0.39 is 11.9 Å². The van der Waals surface area contributed by atoms with Gasteiger partial charge in [0, 0.05) is 11.1 Å². The zero-order valence-electron chi connectivity index (χ0n) is 15.0. The van der Waals surface area contributed by atoms with E-state index in [0.717, 1.165) is 11.1 Å². The van der Waals surface area contributed by atoms with Gasteiger partial charge in [-0.3, -0.25) is 9.59 Å². The minimum Gasteiger partial charge on any atom is -0.481 e. The normalized spacial score (nSPS) is 10.5. The predicted molar refractivity (Wildman–Crippen MR) is 100 cm³/mol. The molecule has 2 aromatic rings. The average Bonchev–Trinajstić information content (AvgIpc) is 2.55. The van der Waals surface area contributed by atoms with Crippen LogP contribution in [0.2, 0.25) is 0 Å². The maximum absolute atomic E-state index is 11.1. The van der Waals surface area contributed by atoms with Crippen LogP contribution in [0.4, 0.5) is 0 Å². The van der Waals surface area contributed by atoms with Gasteiger partial charge in [0.15, 0.2) is 5.78 Å². The summed E-state index contributed by atoms with van der Waals surface area (Å²) < 4.78 is 0. The topological polar surface area (TPSA) is 91.7 Å². The number of aryl methyl sites for hydroxylation is 1. The third kappa shape index (κ3) is 7.13. The van der Waals surface area contributed by atoms with Crippen LogP contribution in [-0.2, 0) is 16.0 Å². The molecule has 0 aromatic heterocycles. The first-order chi connectivity index (χ1) is 12.2. The molecule has 0 atom stereocenters. The van der Waals surface area contributed by atoms with Crippen molar-refractivity contribution < 1.29 is 24.6 Å². The van der Waals surface area contributed by atoms with E-state index in [0.29, 0.717) is 16.7 Å². The van der Waals surface area contributed by atoms with Gasteiger partial charge < -0.3 is 10.2 Å². The lowest BCUT2D eigenvalue weighted by Crippen LogP contribution is -2.05. The van der Waals surface area contributed by atoms with Crippen molar-refractivity contribution in [3.8, 4) is 0 Å². The summed E-state index contributed by atoms with van der Waals surface area (Å²) in [6.45, 7) is 5.00. The first-order valence-corrected chi connectivity index (χ1v) is 7.99. The SMILES string of the molecule is CC(=Cc1cccc(C)c1)C(=O)O.CC(=O)c1ccccc1CC(=O)O. The Morgan fingerprint density at radius 2 is 1.62 bits per heavy atom. The van der Waals surface area contributed by atoms with Gasteiger partial charge in [-0.15, -0.1) is 0 Å². The van der Waals surface area contributed by atoms with E-state index in [1.54, 1.807) is 37.3 Å². The fraction of sp³-hybridized carbons (Fsp3) is 0.190. The van der Waals surface area contributed by atoms with Gasteiger partial charge in [0.05, 0.1) is 6.42 Å². The molecule has 0 aliphatic rings. The van der Waals surface area contributed by atoms with E-state index in [4.69, 9.17) is 10.2 Å². The molecule has 0 heterocycles. The average molecular weight is 354 g/mol. The zero-order chi connectivity index (χ0) is 19.7. The highest BCUT2D eigenvalue weighted by Crippen LogP contribution is 2.10. The van der Waals surface area contributed by atoms with Crippen molar-refractivity contribution in [2.75, 3.05) is 0 Å². The van der Waals surface area contributed by atoms with Crippen molar-refractivity contribution in [3.05, 3.63) is 76.4 Å². The van der Waals surface area contributed by atoms with Crippen LogP contribution in [0.1, 0.15) is 40.9 Å². The second-order valence-corrected chi connectivity index (χ2v) is 5.83. The molecule has 26 heavy (non-hydrogen) atoms. The van der Waals surface area contributed by atoms with E-state index in [1.165, 1.54) is 6.92 Å². The first kappa shape index (κ1) is 20.8. The Morgan fingerprint density at radius 1 is 0.962 bits per heavy atom. The maximum atomic E-state index is 11.1. The Balaban J connectivity index is 0.000000260. The largest absolute Gasteiger partial charge is 0.481 e. The van der Waals surface area contributed by atoms with Crippen LogP contribution in [0.25, 0.3) is 6.08 Å². The lowest BCUT2D eigenvalue weighted by molar-refractivity contribution is -0.136. The van der Waals surface area contributed by atoms with Gasteiger partial charge >= 0.3 is 11.9 Å². The minimum atomic E-state index is -0.922. The van der Waals surface area contributed by atoms with E-state index in [2.05, 4.69) is 0 Å². The standard InChI is InChI=1S/C11H12O2.C10H10O3/c1-8-4-3-5-10(6-8)7-9(2)11(12)13;1-7(11)9-5-3-2-4-8(9)6-10(12)13/h3-7H,1-2H3,(H,12,13);2-5H,6H2,1H3,(H,12,13). The van der Waals surface area contributed by atoms with Crippen molar-refractivity contribution in [2.45, 2.75) is 27.2 Å². The molecule has 2 rings (SSSR count). The van der Waals surface area contributed by atoms with Crippen LogP contribution in [0.5, 0.6) is 0 Å². The number of carboxylic acid groups (broad SMARTS) is 2. The Labute approximate surface area is 152 Å². The summed E-state index contributed by atoms with van der Waals surface area (Å²) >= 11 is 0. The van der Waals surface area contributed by atoms with Crippen LogP contribution in [-0.4, -0.2) is 27.9 Å². The van der Waals surface area contributed by atoms with Gasteiger partial charge in [0.2, 0.25) is 0 Å². The molecule has 0 aliphatic carbocycles. The van der Waals surface area contributed by atoms with Crippen molar-refractivity contribution in [2.24, 2.45) is 0 Å². The van der Waals surface area contributed by atoms with Gasteiger partial charge in [-0.25, -0.2) is 4.79 Å². The molecule has 0 amide bonds. The van der Waals surface area contributed by atoms with Crippen LogP contribution in [0.15, 0.2) is 54.1 Å². The highest BCUT2D eigenvalue weighted by atomic mass is 16.4. The molecule has 2 N–H and O–H groups in total. The molecule has 5 heteroatoms. The molecular weight excluding hydrogens is 332 g/mol. The quantitative estimate of drug-likeness (QED) is 0.625. The van der Waals surface area contributed by atoms with Gasteiger partial charge in [0.1, 0.15) is 0 Å². The number of ketones is 1. The molecule has 0 radical (unpaired) electrons. The molecule has 0 bridgehead atoms. The Hall–Kier alpha value is -3.21. The molecule has 136 valence electrons. The smallest absolute Gasteiger partial charge is 0.331 e. The summed E-state index contributed by atoms with van der Waals surface area (Å²) in [6, 6.07) is 14.5. The van der Waals surface area contributed by atoms with E-state index in [1.807, 2.05) is 31.2 Å². The molecule has 0 spiro atoms. The lowest BCUT2D eigenvalue weighted by atomic mass is 10.0. The third-order valence-corrected chi connectivity index (χ3v) is 3.50. The van der Waals surface area contributed by atoms with Gasteiger partial charge in [-0.05, 0) is 38.0 Å². The van der Waals surface area contributed by atoms with Crippen molar-refractivity contribution in [1.29, 1.82) is 0 Å². The Morgan fingerprint density at radius 3 is 2.15 bits per heavy atom. The summed E-state index contributed by atoms with van der Waals surface area (Å²) in [6.07, 6.45) is 1.56. The molecule has 0 fully saturated rings. The molecular formula is C21H22O5. The summed E-state index contributed by atoms with van der Waals surface area (Å²) in [5.41, 5.74) is 3.48. The number of carbonyl (C=O) groups excluding carboxylic acids is 1. The Bertz CT molecular complexity index is 834. The van der Waals surface area contributed by atoms with Crippen molar-refractivity contribution >= 4 is 23.8 Å². The van der Waals surface area contributed by atoms with E-state index in [9.17, 15) is 14.4 Å². The summed E-state index contributed by atoms with van der Waals surface area (Å²) in [5, 5.41) is 17.2. The Kier molecular flexibility index (Phi) is 7.96. The number of rotatable bonds is 5. The second-order valence-electron chi connectivity index (χ2n) is 5.83. The molecule has 0 aliphatic heterocycles. The van der Waals surface area contributed by atoms with Gasteiger partial charge in [-0.1, -0.05) is 54.1 Å². The van der Waals surface area contributed by atoms with Crippen LogP contribution in [0, 0.1) is 6.92 Å². The zero-order valence-corrected chi connectivity index (χ0v) is 15.0. The number of carboxylic acids is 2. The van der Waals surface area contributed by atoms with E-state index >= 15 is 0 Å². The molecule has 5 nitrogen and oxygen atoms in total. The number of carbonyl (C=O) groups is 3. The van der Waals surface area contributed by atoms with Crippen LogP contribution < -0.4 is 0 Å². The molecule has 2 aromatic carbocycles. The first-order valence-electron chi connectivity index (χ1n) is 7.99. The molecule has 0 unspecified atom stereocenters. The van der Waals surface area contributed by atoms with Crippen LogP contribution in [0.3, 0.4) is 0 Å². The lowest BCUT2D eigenvalue weighted by Gasteiger charge is -2.02. The third-order valence-electron chi connectivity index (χ3n) is 3.50. The number of hydrogen-bond acceptors (Lipinski definition) is 3.